The first-order valence-electron chi connectivity index (χ1n) is 10.6. The number of methoxy groups -OCH3 is 2. The first-order chi connectivity index (χ1) is 16.0. The van der Waals surface area contributed by atoms with Crippen molar-refractivity contribution in [3.8, 4) is 11.5 Å². The second-order valence-corrected chi connectivity index (χ2v) is 7.73. The predicted molar refractivity (Wildman–Crippen MR) is 122 cm³/mol. The maximum Gasteiger partial charge on any atom is 0.249 e. The summed E-state index contributed by atoms with van der Waals surface area (Å²) in [5, 5.41) is 5.58. The Labute approximate surface area is 191 Å². The standard InChI is InChI=1S/C23H26FN5O4/c1-32-17-7-8-20(33-2)18(13-17)25-22(31)19-14-21(30)27-23(26-19)29-11-9-28(10-12-29)16-5-3-15(24)4-6-16/h3-8,13,19H,9-12,14H2,1-2H3,(H,25,31)(H,26,27,30)/t19-/m0/s1. The molecule has 2 amide bonds. The van der Waals surface area contributed by atoms with Crippen LogP contribution in [0.15, 0.2) is 47.5 Å². The molecule has 0 unspecified atom stereocenters. The zero-order valence-corrected chi connectivity index (χ0v) is 18.5. The lowest BCUT2D eigenvalue weighted by atomic mass is 10.1. The number of aliphatic imine (C=N–C) groups is 1. The Morgan fingerprint density at radius 3 is 2.42 bits per heavy atom. The van der Waals surface area contributed by atoms with Gasteiger partial charge in [-0.15, -0.1) is 0 Å². The number of ether oxygens (including phenoxy) is 2. The van der Waals surface area contributed by atoms with Crippen molar-refractivity contribution in [1.82, 2.24) is 10.2 Å². The molecule has 1 atom stereocenters. The van der Waals surface area contributed by atoms with Crippen molar-refractivity contribution in [3.63, 3.8) is 0 Å². The van der Waals surface area contributed by atoms with Crippen molar-refractivity contribution in [2.45, 2.75) is 12.5 Å². The molecule has 33 heavy (non-hydrogen) atoms. The Bertz CT molecular complexity index is 1050. The number of piperazine rings is 1. The lowest BCUT2D eigenvalue weighted by Crippen LogP contribution is -2.56. The molecule has 0 bridgehead atoms. The largest absolute Gasteiger partial charge is 0.497 e. The van der Waals surface area contributed by atoms with Gasteiger partial charge in [-0.2, -0.15) is 0 Å². The quantitative estimate of drug-likeness (QED) is 0.715. The molecule has 9 nitrogen and oxygen atoms in total. The maximum absolute atomic E-state index is 13.2. The van der Waals surface area contributed by atoms with Crippen LogP contribution in [0.1, 0.15) is 6.42 Å². The fraction of sp³-hybridized carbons (Fsp3) is 0.348. The maximum atomic E-state index is 13.2. The molecule has 0 aliphatic carbocycles. The number of hydrogen-bond acceptors (Lipinski definition) is 7. The summed E-state index contributed by atoms with van der Waals surface area (Å²) < 4.78 is 23.7. The van der Waals surface area contributed by atoms with Gasteiger partial charge < -0.3 is 24.6 Å². The van der Waals surface area contributed by atoms with Crippen LogP contribution in [-0.4, -0.2) is 69.1 Å². The van der Waals surface area contributed by atoms with E-state index < -0.39 is 11.9 Å². The van der Waals surface area contributed by atoms with Crippen LogP contribution in [0.5, 0.6) is 11.5 Å². The van der Waals surface area contributed by atoms with E-state index in [9.17, 15) is 14.0 Å². The van der Waals surface area contributed by atoms with Gasteiger partial charge >= 0.3 is 0 Å². The van der Waals surface area contributed by atoms with Gasteiger partial charge in [-0.25, -0.2) is 9.38 Å². The minimum Gasteiger partial charge on any atom is -0.497 e. The number of guanidine groups is 1. The molecule has 2 aromatic rings. The minimum atomic E-state index is -0.861. The van der Waals surface area contributed by atoms with E-state index in [1.807, 2.05) is 4.90 Å². The van der Waals surface area contributed by atoms with E-state index in [2.05, 4.69) is 20.5 Å². The third-order valence-electron chi connectivity index (χ3n) is 5.65. The zero-order valence-electron chi connectivity index (χ0n) is 18.5. The topological polar surface area (TPSA) is 95.5 Å². The summed E-state index contributed by atoms with van der Waals surface area (Å²) in [7, 11) is 3.04. The molecule has 10 heteroatoms. The molecular formula is C23H26FN5O4. The third kappa shape index (κ3) is 5.16. The van der Waals surface area contributed by atoms with Crippen LogP contribution in [0.4, 0.5) is 15.8 Å². The highest BCUT2D eigenvalue weighted by atomic mass is 19.1. The van der Waals surface area contributed by atoms with Crippen LogP contribution in [0.25, 0.3) is 0 Å². The summed E-state index contributed by atoms with van der Waals surface area (Å²) >= 11 is 0. The van der Waals surface area contributed by atoms with E-state index in [1.165, 1.54) is 26.4 Å². The SMILES string of the molecule is COc1ccc(OC)c(NC(=O)[C@@H]2CC(=O)NC(N3CCN(c4ccc(F)cc4)CC3)=N2)c1. The number of amides is 2. The summed E-state index contributed by atoms with van der Waals surface area (Å²) in [4.78, 5) is 33.9. The summed E-state index contributed by atoms with van der Waals surface area (Å²) in [5.41, 5.74) is 1.38. The van der Waals surface area contributed by atoms with Gasteiger partial charge in [0.1, 0.15) is 23.4 Å². The van der Waals surface area contributed by atoms with Crippen molar-refractivity contribution < 1.29 is 23.5 Å². The predicted octanol–water partition coefficient (Wildman–Crippen LogP) is 1.85. The van der Waals surface area contributed by atoms with Gasteiger partial charge in [0, 0.05) is 37.9 Å². The Kier molecular flexibility index (Phi) is 6.62. The smallest absolute Gasteiger partial charge is 0.249 e. The van der Waals surface area contributed by atoms with Gasteiger partial charge in [0.15, 0.2) is 0 Å². The highest BCUT2D eigenvalue weighted by Gasteiger charge is 2.31. The fourth-order valence-corrected chi connectivity index (χ4v) is 3.85. The van der Waals surface area contributed by atoms with Crippen molar-refractivity contribution in [2.75, 3.05) is 50.6 Å². The number of carbonyl (C=O) groups excluding carboxylic acids is 2. The fourth-order valence-electron chi connectivity index (χ4n) is 3.85. The molecule has 2 N–H and O–H groups in total. The summed E-state index contributed by atoms with van der Waals surface area (Å²) in [6.45, 7) is 2.57. The van der Waals surface area contributed by atoms with Gasteiger partial charge in [0.25, 0.3) is 0 Å². The number of anilines is 2. The molecule has 174 valence electrons. The van der Waals surface area contributed by atoms with Crippen LogP contribution in [0, 0.1) is 5.82 Å². The van der Waals surface area contributed by atoms with Crippen LogP contribution in [-0.2, 0) is 9.59 Å². The highest BCUT2D eigenvalue weighted by molar-refractivity contribution is 6.06. The first-order valence-corrected chi connectivity index (χ1v) is 10.6. The average molecular weight is 455 g/mol. The average Bonchev–Trinajstić information content (AvgIpc) is 2.84. The van der Waals surface area contributed by atoms with E-state index in [0.717, 1.165) is 5.69 Å². The van der Waals surface area contributed by atoms with Crippen LogP contribution < -0.4 is 25.0 Å². The van der Waals surface area contributed by atoms with Crippen molar-refractivity contribution in [2.24, 2.45) is 4.99 Å². The molecule has 2 aliphatic rings. The molecule has 0 saturated carbocycles. The monoisotopic (exact) mass is 455 g/mol. The lowest BCUT2D eigenvalue weighted by Gasteiger charge is -2.38. The third-order valence-corrected chi connectivity index (χ3v) is 5.65. The molecule has 0 radical (unpaired) electrons. The summed E-state index contributed by atoms with van der Waals surface area (Å²) in [6, 6.07) is 10.6. The Morgan fingerprint density at radius 1 is 1.06 bits per heavy atom. The normalized spacial score (nSPS) is 18.3. The molecule has 4 rings (SSSR count). The van der Waals surface area contributed by atoms with E-state index in [4.69, 9.17) is 9.47 Å². The van der Waals surface area contributed by atoms with Crippen LogP contribution in [0.2, 0.25) is 0 Å². The van der Waals surface area contributed by atoms with E-state index in [0.29, 0.717) is 49.3 Å². The lowest BCUT2D eigenvalue weighted by molar-refractivity contribution is -0.125. The van der Waals surface area contributed by atoms with Gasteiger partial charge in [-0.3, -0.25) is 14.9 Å². The van der Waals surface area contributed by atoms with Crippen LogP contribution >= 0.6 is 0 Å². The Morgan fingerprint density at radius 2 is 1.76 bits per heavy atom. The molecule has 2 aromatic carbocycles. The molecule has 0 spiro atoms. The second-order valence-electron chi connectivity index (χ2n) is 7.73. The molecule has 1 saturated heterocycles. The summed E-state index contributed by atoms with van der Waals surface area (Å²) in [6.07, 6.45) is -0.0445. The number of nitrogens with one attached hydrogen (secondary N) is 2. The van der Waals surface area contributed by atoms with E-state index in [-0.39, 0.29) is 18.1 Å². The second kappa shape index (κ2) is 9.76. The molecule has 2 aliphatic heterocycles. The number of nitrogens with zero attached hydrogens (tertiary/aromatic N) is 3. The Balaban J connectivity index is 1.43. The van der Waals surface area contributed by atoms with Crippen molar-refractivity contribution in [3.05, 3.63) is 48.3 Å². The van der Waals surface area contributed by atoms with Crippen molar-refractivity contribution >= 4 is 29.1 Å². The summed E-state index contributed by atoms with van der Waals surface area (Å²) in [5.74, 6) is 0.495. The van der Waals surface area contributed by atoms with Crippen molar-refractivity contribution in [1.29, 1.82) is 0 Å². The van der Waals surface area contributed by atoms with Gasteiger partial charge in [0.05, 0.1) is 26.3 Å². The number of hydrogen-bond donors (Lipinski definition) is 2. The molecule has 2 heterocycles. The zero-order chi connectivity index (χ0) is 23.4. The molecule has 0 aromatic heterocycles. The number of rotatable bonds is 5. The molecule has 1 fully saturated rings. The number of benzene rings is 2. The van der Waals surface area contributed by atoms with E-state index in [1.54, 1.807) is 30.3 Å². The van der Waals surface area contributed by atoms with E-state index >= 15 is 0 Å². The minimum absolute atomic E-state index is 0.0445. The number of carbonyl (C=O) groups is 2. The van der Waals surface area contributed by atoms with Gasteiger partial charge in [0.2, 0.25) is 17.8 Å². The number of halogens is 1. The Hall–Kier alpha value is -3.82. The van der Waals surface area contributed by atoms with Gasteiger partial charge in [-0.05, 0) is 36.4 Å². The van der Waals surface area contributed by atoms with Crippen LogP contribution in [0.3, 0.4) is 0 Å². The molecular weight excluding hydrogens is 429 g/mol. The highest BCUT2D eigenvalue weighted by Crippen LogP contribution is 2.29. The van der Waals surface area contributed by atoms with Gasteiger partial charge in [-0.1, -0.05) is 0 Å². The first kappa shape index (κ1) is 22.4.